The van der Waals surface area contributed by atoms with Crippen LogP contribution in [0.3, 0.4) is 0 Å². The van der Waals surface area contributed by atoms with Crippen molar-refractivity contribution in [2.45, 2.75) is 13.8 Å². The smallest absolute Gasteiger partial charge is 0.516 e. The fourth-order valence-electron chi connectivity index (χ4n) is 3.52. The van der Waals surface area contributed by atoms with E-state index in [2.05, 4.69) is 62.4 Å². The van der Waals surface area contributed by atoms with Gasteiger partial charge in [0.2, 0.25) is 5.69 Å². The van der Waals surface area contributed by atoms with Crippen molar-refractivity contribution in [3.8, 4) is 0 Å². The molecule has 0 amide bonds. The lowest BCUT2D eigenvalue weighted by atomic mass is 9.41. The molecule has 0 saturated carbocycles. The fourth-order valence-corrected chi connectivity index (χ4v) is 3.52. The van der Waals surface area contributed by atoms with Crippen LogP contribution in [0.1, 0.15) is 21.6 Å². The van der Waals surface area contributed by atoms with E-state index in [0.29, 0.717) is 5.69 Å². The molecule has 24 heavy (non-hydrogen) atoms. The Labute approximate surface area is 141 Å². The second-order valence-corrected chi connectivity index (χ2v) is 6.46. The number of hydrogen-bond acceptors (Lipinski definition) is 2. The molecule has 1 aromatic heterocycles. The van der Waals surface area contributed by atoms with Crippen LogP contribution >= 0.6 is 0 Å². The van der Waals surface area contributed by atoms with Gasteiger partial charge in [-0.3, -0.25) is 0 Å². The zero-order valence-corrected chi connectivity index (χ0v) is 13.8. The average molecular weight is 315 g/mol. The van der Waals surface area contributed by atoms with E-state index >= 15 is 0 Å². The van der Waals surface area contributed by atoms with Crippen molar-refractivity contribution in [2.75, 3.05) is 0 Å². The molecule has 3 aromatic rings. The van der Waals surface area contributed by atoms with Gasteiger partial charge in [0.15, 0.2) is 0 Å². The Hall–Kier alpha value is -2.88. The first-order chi connectivity index (χ1) is 11.6. The van der Waals surface area contributed by atoms with Gasteiger partial charge < -0.3 is 9.13 Å². The molecule has 0 radical (unpaired) electrons. The minimum absolute atomic E-state index is 0.281. The molecule has 4 rings (SSSR count). The largest absolute Gasteiger partial charge is 0.617 e. The fraction of sp³-hybridized carbons (Fsp3) is 0.100. The van der Waals surface area contributed by atoms with E-state index in [0.717, 1.165) is 10.9 Å². The quantitative estimate of drug-likeness (QED) is 0.676. The number of benzene rings is 2. The summed E-state index contributed by atoms with van der Waals surface area (Å²) in [6.07, 6.45) is 1.93. The highest BCUT2D eigenvalue weighted by Crippen LogP contribution is 2.16. The van der Waals surface area contributed by atoms with Crippen LogP contribution in [0.25, 0.3) is 0 Å². The molecule has 0 unspecified atom stereocenters. The Balaban J connectivity index is 2.03. The van der Waals surface area contributed by atoms with Gasteiger partial charge in [-0.15, -0.1) is 0 Å². The third-order valence-corrected chi connectivity index (χ3v) is 4.83. The minimum Gasteiger partial charge on any atom is -0.617 e. The molecule has 0 N–H and O–H groups in total. The maximum atomic E-state index is 12.5. The van der Waals surface area contributed by atoms with Crippen molar-refractivity contribution in [2.24, 2.45) is 0 Å². The lowest BCUT2D eigenvalue weighted by Crippen LogP contribution is -2.78. The predicted molar refractivity (Wildman–Crippen MR) is 94.8 cm³/mol. The van der Waals surface area contributed by atoms with E-state index in [4.69, 9.17) is 4.65 Å². The summed E-state index contributed by atoms with van der Waals surface area (Å²) in [4.78, 5) is 12.5. The number of carbonyl (C=O) groups excluding carboxylic acids is 1. The molecule has 2 heterocycles. The zero-order valence-electron chi connectivity index (χ0n) is 13.8. The summed E-state index contributed by atoms with van der Waals surface area (Å²) in [6, 6.07) is 22.1. The van der Waals surface area contributed by atoms with Crippen LogP contribution in [0.5, 0.6) is 0 Å². The summed E-state index contributed by atoms with van der Waals surface area (Å²) >= 11 is 0. The molecule has 0 saturated heterocycles. The third-order valence-electron chi connectivity index (χ3n) is 4.83. The molecule has 4 heteroatoms. The Kier molecular flexibility index (Phi) is 3.27. The SMILES string of the molecule is Cc1ccc([B-]2(c3ccc(C)cc3)OC(=O)c3cccc[n+]32)cc1. The van der Waals surface area contributed by atoms with E-state index in [-0.39, 0.29) is 5.97 Å². The second-order valence-electron chi connectivity index (χ2n) is 6.46. The summed E-state index contributed by atoms with van der Waals surface area (Å²) in [5.74, 6) is -0.281. The second kappa shape index (κ2) is 5.34. The molecule has 3 nitrogen and oxygen atoms in total. The zero-order chi connectivity index (χ0) is 16.7. The van der Waals surface area contributed by atoms with Crippen molar-refractivity contribution in [3.63, 3.8) is 0 Å². The number of fused-ring (bicyclic) bond motifs is 1. The molecular formula is C20H18BNO2. The highest BCUT2D eigenvalue weighted by Gasteiger charge is 2.53. The van der Waals surface area contributed by atoms with Crippen molar-refractivity contribution in [3.05, 3.63) is 89.7 Å². The topological polar surface area (TPSA) is 30.2 Å². The van der Waals surface area contributed by atoms with Gasteiger partial charge in [-0.05, 0) is 26.0 Å². The minimum atomic E-state index is -1.81. The lowest BCUT2D eigenvalue weighted by Gasteiger charge is -2.30. The summed E-state index contributed by atoms with van der Waals surface area (Å²) in [5.41, 5.74) is 4.92. The van der Waals surface area contributed by atoms with Gasteiger partial charge in [-0.25, -0.2) is 4.79 Å². The molecule has 0 spiro atoms. The van der Waals surface area contributed by atoms with E-state index in [1.165, 1.54) is 11.1 Å². The van der Waals surface area contributed by atoms with Crippen molar-refractivity contribution in [1.82, 2.24) is 0 Å². The molecule has 118 valence electrons. The van der Waals surface area contributed by atoms with Crippen LogP contribution < -0.4 is 15.4 Å². The summed E-state index contributed by atoms with van der Waals surface area (Å²) in [5, 5.41) is 0. The summed E-state index contributed by atoms with van der Waals surface area (Å²) in [7, 11) is 0. The lowest BCUT2D eigenvalue weighted by molar-refractivity contribution is -0.546. The maximum Gasteiger partial charge on any atom is 0.516 e. The van der Waals surface area contributed by atoms with E-state index in [9.17, 15) is 4.79 Å². The van der Waals surface area contributed by atoms with Crippen LogP contribution in [0.4, 0.5) is 0 Å². The molecule has 1 aliphatic heterocycles. The number of aryl methyl sites for hydroxylation is 2. The van der Waals surface area contributed by atoms with Crippen LogP contribution in [0.15, 0.2) is 72.9 Å². The molecule has 2 aromatic carbocycles. The predicted octanol–water partition coefficient (Wildman–Crippen LogP) is 1.87. The Morgan fingerprint density at radius 2 is 1.33 bits per heavy atom. The van der Waals surface area contributed by atoms with E-state index < -0.39 is 6.48 Å². The van der Waals surface area contributed by atoms with Gasteiger partial charge in [-0.1, -0.05) is 70.6 Å². The number of hydrogen-bond donors (Lipinski definition) is 0. The molecular weight excluding hydrogens is 297 g/mol. The first kappa shape index (κ1) is 14.7. The maximum absolute atomic E-state index is 12.5. The average Bonchev–Trinajstić information content (AvgIpc) is 2.91. The van der Waals surface area contributed by atoms with Crippen LogP contribution in [-0.2, 0) is 4.65 Å². The number of rotatable bonds is 2. The molecule has 0 aliphatic carbocycles. The van der Waals surface area contributed by atoms with Gasteiger partial charge in [0.25, 0.3) is 0 Å². The Morgan fingerprint density at radius 3 is 1.88 bits per heavy atom. The van der Waals surface area contributed by atoms with Crippen LogP contribution in [0.2, 0.25) is 0 Å². The molecule has 1 aliphatic rings. The molecule has 0 atom stereocenters. The standard InChI is InChI=1S/C20H18BNO2/c1-15-6-10-17(11-7-15)21(18-12-8-16(2)9-13-18)22-14-4-3-5-19(22)20(23)24-21/h3-14H,1-2H3. The monoisotopic (exact) mass is 315 g/mol. The third kappa shape index (κ3) is 2.07. The Morgan fingerprint density at radius 1 is 0.792 bits per heavy atom. The summed E-state index contributed by atoms with van der Waals surface area (Å²) in [6.45, 7) is 2.29. The highest BCUT2D eigenvalue weighted by molar-refractivity contribution is 6.92. The van der Waals surface area contributed by atoms with Crippen molar-refractivity contribution < 1.29 is 13.9 Å². The van der Waals surface area contributed by atoms with Gasteiger partial charge >= 0.3 is 12.5 Å². The number of carbonyl (C=O) groups is 1. The summed E-state index contributed by atoms with van der Waals surface area (Å²) < 4.78 is 8.04. The van der Waals surface area contributed by atoms with Gasteiger partial charge in [0.1, 0.15) is 6.20 Å². The number of nitrogens with zero attached hydrogens (tertiary/aromatic N) is 1. The van der Waals surface area contributed by atoms with Crippen LogP contribution in [-0.4, -0.2) is 12.5 Å². The normalized spacial score (nSPS) is 15.0. The Bertz CT molecular complexity index is 872. The first-order valence-corrected chi connectivity index (χ1v) is 8.14. The molecule has 0 fully saturated rings. The van der Waals surface area contributed by atoms with Gasteiger partial charge in [0, 0.05) is 6.07 Å². The van der Waals surface area contributed by atoms with Crippen LogP contribution in [0, 0.1) is 13.8 Å². The van der Waals surface area contributed by atoms with E-state index in [1.54, 1.807) is 0 Å². The van der Waals surface area contributed by atoms with Crippen molar-refractivity contribution >= 4 is 23.4 Å². The highest BCUT2D eigenvalue weighted by atomic mass is 16.5. The molecule has 0 bridgehead atoms. The number of aromatic nitrogens is 1. The number of pyridine rings is 1. The van der Waals surface area contributed by atoms with Gasteiger partial charge in [0.05, 0.1) is 0 Å². The van der Waals surface area contributed by atoms with Gasteiger partial charge in [-0.2, -0.15) is 0 Å². The van der Waals surface area contributed by atoms with E-state index in [1.807, 2.05) is 28.9 Å². The first-order valence-electron chi connectivity index (χ1n) is 8.14. The van der Waals surface area contributed by atoms with Crippen molar-refractivity contribution in [1.29, 1.82) is 0 Å².